The van der Waals surface area contributed by atoms with Gasteiger partial charge in [-0.05, 0) is 24.3 Å². The predicted octanol–water partition coefficient (Wildman–Crippen LogP) is 0.848. The fourth-order valence-electron chi connectivity index (χ4n) is 0.897. The molecule has 0 aliphatic carbocycles. The lowest BCUT2D eigenvalue weighted by molar-refractivity contribution is -0.131. The molecule has 0 unspecified atom stereocenters. The average Bonchev–Trinajstić information content (AvgIpc) is 2.19. The van der Waals surface area contributed by atoms with E-state index in [1.165, 1.54) is 0 Å². The molecular weight excluding hydrogens is 196 g/mol. The predicted molar refractivity (Wildman–Crippen MR) is 56.3 cm³/mol. The van der Waals surface area contributed by atoms with E-state index in [0.717, 1.165) is 12.2 Å². The summed E-state index contributed by atoms with van der Waals surface area (Å²) < 4.78 is 0. The summed E-state index contributed by atoms with van der Waals surface area (Å²) in [5.41, 5.74) is 6.60. The van der Waals surface area contributed by atoms with Gasteiger partial charge in [0.1, 0.15) is 0 Å². The van der Waals surface area contributed by atoms with Gasteiger partial charge < -0.3 is 16.2 Å². The quantitative estimate of drug-likeness (QED) is 0.505. The summed E-state index contributed by atoms with van der Waals surface area (Å²) in [4.78, 5) is 21.2. The molecule has 78 valence electrons. The zero-order valence-corrected chi connectivity index (χ0v) is 7.81. The van der Waals surface area contributed by atoms with Gasteiger partial charge in [0.05, 0.1) is 0 Å². The summed E-state index contributed by atoms with van der Waals surface area (Å²) >= 11 is 0. The molecule has 15 heavy (non-hydrogen) atoms. The third-order valence-corrected chi connectivity index (χ3v) is 1.56. The van der Waals surface area contributed by atoms with Crippen LogP contribution in [0.15, 0.2) is 36.4 Å². The topological polar surface area (TPSA) is 92.4 Å². The lowest BCUT2D eigenvalue weighted by atomic mass is 10.3. The van der Waals surface area contributed by atoms with Crippen LogP contribution in [-0.2, 0) is 9.59 Å². The first-order valence-corrected chi connectivity index (χ1v) is 4.15. The molecular formula is C10H10N2O3. The first-order chi connectivity index (χ1) is 7.08. The van der Waals surface area contributed by atoms with E-state index < -0.39 is 11.9 Å². The highest BCUT2D eigenvalue weighted by Crippen LogP contribution is 2.10. The molecule has 5 nitrogen and oxygen atoms in total. The highest BCUT2D eigenvalue weighted by molar-refractivity contribution is 6.02. The number of amides is 1. The summed E-state index contributed by atoms with van der Waals surface area (Å²) in [6.07, 6.45) is 1.71. The Morgan fingerprint density at radius 3 is 2.33 bits per heavy atom. The van der Waals surface area contributed by atoms with Crippen molar-refractivity contribution in [3.63, 3.8) is 0 Å². The van der Waals surface area contributed by atoms with Gasteiger partial charge >= 0.3 is 5.97 Å². The zero-order chi connectivity index (χ0) is 11.3. The number of carboxylic acids is 1. The molecule has 0 fully saturated rings. The summed E-state index contributed by atoms with van der Waals surface area (Å²) in [5, 5.41) is 10.8. The number of carboxylic acid groups (broad SMARTS) is 1. The van der Waals surface area contributed by atoms with E-state index in [0.29, 0.717) is 11.4 Å². The summed E-state index contributed by atoms with van der Waals surface area (Å²) in [7, 11) is 0. The van der Waals surface area contributed by atoms with Crippen molar-refractivity contribution in [1.29, 1.82) is 0 Å². The molecule has 1 rings (SSSR count). The Bertz CT molecular complexity index is 396. The van der Waals surface area contributed by atoms with Crippen molar-refractivity contribution in [2.45, 2.75) is 0 Å². The van der Waals surface area contributed by atoms with E-state index in [9.17, 15) is 9.59 Å². The van der Waals surface area contributed by atoms with Crippen LogP contribution in [0.4, 0.5) is 11.4 Å². The smallest absolute Gasteiger partial charge is 0.328 e. The van der Waals surface area contributed by atoms with Crippen molar-refractivity contribution in [2.24, 2.45) is 0 Å². The fraction of sp³-hybridized carbons (Fsp3) is 0. The van der Waals surface area contributed by atoms with Gasteiger partial charge in [0.25, 0.3) is 0 Å². The molecule has 0 aromatic heterocycles. The van der Waals surface area contributed by atoms with E-state index in [4.69, 9.17) is 10.8 Å². The third-order valence-electron chi connectivity index (χ3n) is 1.56. The van der Waals surface area contributed by atoms with Gasteiger partial charge in [-0.15, -0.1) is 0 Å². The van der Waals surface area contributed by atoms with Crippen LogP contribution >= 0.6 is 0 Å². The van der Waals surface area contributed by atoms with E-state index >= 15 is 0 Å². The summed E-state index contributed by atoms with van der Waals surface area (Å²) in [6, 6.07) is 6.52. The Morgan fingerprint density at radius 1 is 1.20 bits per heavy atom. The van der Waals surface area contributed by atoms with Crippen LogP contribution in [0, 0.1) is 0 Å². The number of benzene rings is 1. The second-order valence-electron chi connectivity index (χ2n) is 2.78. The molecule has 0 radical (unpaired) electrons. The molecule has 0 saturated heterocycles. The number of aliphatic carboxylic acids is 1. The van der Waals surface area contributed by atoms with Crippen molar-refractivity contribution in [3.05, 3.63) is 36.4 Å². The lowest BCUT2D eigenvalue weighted by Crippen LogP contribution is -2.08. The number of anilines is 2. The number of rotatable bonds is 3. The van der Waals surface area contributed by atoms with Gasteiger partial charge in [0.15, 0.2) is 0 Å². The van der Waals surface area contributed by atoms with E-state index in [1.54, 1.807) is 24.3 Å². The van der Waals surface area contributed by atoms with Crippen molar-refractivity contribution in [3.8, 4) is 0 Å². The molecule has 0 spiro atoms. The second-order valence-corrected chi connectivity index (χ2v) is 2.78. The van der Waals surface area contributed by atoms with Gasteiger partial charge in [-0.25, -0.2) is 4.79 Å². The lowest BCUT2D eigenvalue weighted by Gasteiger charge is -2.01. The SMILES string of the molecule is Nc1ccc(NC(=O)/C=C\C(=O)O)cc1. The molecule has 0 bridgehead atoms. The van der Waals surface area contributed by atoms with Crippen molar-refractivity contribution >= 4 is 23.3 Å². The van der Waals surface area contributed by atoms with Gasteiger partial charge in [-0.3, -0.25) is 4.79 Å². The Kier molecular flexibility index (Phi) is 3.45. The maximum absolute atomic E-state index is 11.1. The van der Waals surface area contributed by atoms with Crippen LogP contribution in [0.5, 0.6) is 0 Å². The minimum atomic E-state index is -1.16. The number of hydrogen-bond donors (Lipinski definition) is 3. The first kappa shape index (κ1) is 10.8. The average molecular weight is 206 g/mol. The molecule has 4 N–H and O–H groups in total. The number of nitrogens with two attached hydrogens (primary N) is 1. The molecule has 0 aliphatic rings. The maximum Gasteiger partial charge on any atom is 0.328 e. The zero-order valence-electron chi connectivity index (χ0n) is 7.81. The normalized spacial score (nSPS) is 10.1. The Labute approximate surface area is 86.2 Å². The van der Waals surface area contributed by atoms with Crippen LogP contribution in [0.2, 0.25) is 0 Å². The van der Waals surface area contributed by atoms with Crippen LogP contribution < -0.4 is 11.1 Å². The Balaban J connectivity index is 2.59. The standard InChI is InChI=1S/C10H10N2O3/c11-7-1-3-8(4-2-7)12-9(13)5-6-10(14)15/h1-6H,11H2,(H,12,13)(H,14,15)/b6-5-. The number of nitrogen functional groups attached to an aromatic ring is 1. The number of hydrogen-bond acceptors (Lipinski definition) is 3. The molecule has 0 atom stereocenters. The highest BCUT2D eigenvalue weighted by atomic mass is 16.4. The minimum Gasteiger partial charge on any atom is -0.478 e. The highest BCUT2D eigenvalue weighted by Gasteiger charge is 1.97. The molecule has 0 heterocycles. The van der Waals surface area contributed by atoms with E-state index in [-0.39, 0.29) is 0 Å². The monoisotopic (exact) mass is 206 g/mol. The molecule has 0 saturated carbocycles. The first-order valence-electron chi connectivity index (χ1n) is 4.15. The molecule has 0 aliphatic heterocycles. The van der Waals surface area contributed by atoms with Gasteiger partial charge in [0.2, 0.25) is 5.91 Å². The third kappa shape index (κ3) is 3.95. The van der Waals surface area contributed by atoms with Gasteiger partial charge in [-0.1, -0.05) is 0 Å². The Morgan fingerprint density at radius 2 is 1.80 bits per heavy atom. The van der Waals surface area contributed by atoms with Crippen LogP contribution in [0.25, 0.3) is 0 Å². The number of carbonyl (C=O) groups is 2. The maximum atomic E-state index is 11.1. The van der Waals surface area contributed by atoms with Crippen molar-refractivity contribution in [2.75, 3.05) is 11.1 Å². The van der Waals surface area contributed by atoms with E-state index in [1.807, 2.05) is 0 Å². The van der Waals surface area contributed by atoms with Crippen LogP contribution in [0.3, 0.4) is 0 Å². The van der Waals surface area contributed by atoms with Crippen LogP contribution in [0.1, 0.15) is 0 Å². The van der Waals surface area contributed by atoms with Gasteiger partial charge in [-0.2, -0.15) is 0 Å². The molecule has 1 aromatic rings. The minimum absolute atomic E-state index is 0.498. The number of carbonyl (C=O) groups excluding carboxylic acids is 1. The summed E-state index contributed by atoms with van der Waals surface area (Å²) in [6.45, 7) is 0. The van der Waals surface area contributed by atoms with Crippen molar-refractivity contribution < 1.29 is 14.7 Å². The van der Waals surface area contributed by atoms with Gasteiger partial charge in [0, 0.05) is 23.5 Å². The molecule has 1 aromatic carbocycles. The largest absolute Gasteiger partial charge is 0.478 e. The van der Waals surface area contributed by atoms with Crippen molar-refractivity contribution in [1.82, 2.24) is 0 Å². The second kappa shape index (κ2) is 4.80. The van der Waals surface area contributed by atoms with E-state index in [2.05, 4.69) is 5.32 Å². The number of nitrogens with one attached hydrogen (secondary N) is 1. The molecule has 5 heteroatoms. The summed E-state index contributed by atoms with van der Waals surface area (Å²) in [5.74, 6) is -1.66. The van der Waals surface area contributed by atoms with Crippen LogP contribution in [-0.4, -0.2) is 17.0 Å². The molecule has 1 amide bonds. The Hall–Kier alpha value is -2.30. The fourth-order valence-corrected chi connectivity index (χ4v) is 0.897.